The number of fused-ring (bicyclic) bond motifs is 1. The molecule has 106 valence electrons. The second kappa shape index (κ2) is 7.82. The number of thiophene rings is 1. The third kappa shape index (κ3) is 5.09. The number of rotatable bonds is 6. The summed E-state index contributed by atoms with van der Waals surface area (Å²) < 4.78 is 6.65. The Morgan fingerprint density at radius 3 is 2.84 bits per heavy atom. The third-order valence-corrected chi connectivity index (χ3v) is 3.67. The minimum Gasteiger partial charge on any atom is -0.368 e. The van der Waals surface area contributed by atoms with E-state index >= 15 is 0 Å². The van der Waals surface area contributed by atoms with Gasteiger partial charge in [-0.3, -0.25) is 0 Å². The lowest BCUT2D eigenvalue weighted by Crippen LogP contribution is -2.23. The normalized spacial score (nSPS) is 12.6. The molecule has 0 saturated heterocycles. The maximum Gasteiger partial charge on any atom is 0.158 e. The molecule has 0 radical (unpaired) electrons. The van der Waals surface area contributed by atoms with Gasteiger partial charge in [0.15, 0.2) is 6.29 Å². The van der Waals surface area contributed by atoms with E-state index in [4.69, 9.17) is 4.74 Å². The number of benzene rings is 1. The van der Waals surface area contributed by atoms with Crippen molar-refractivity contribution in [3.8, 4) is 0 Å². The van der Waals surface area contributed by atoms with E-state index in [1.165, 1.54) is 10.1 Å². The van der Waals surface area contributed by atoms with Crippen LogP contribution >= 0.6 is 23.7 Å². The molecule has 2 rings (SSSR count). The molecule has 0 aliphatic carbocycles. The molecule has 1 aromatic heterocycles. The predicted molar refractivity (Wildman–Crippen MR) is 83.3 cm³/mol. The number of aliphatic hydroxyl groups is 1. The second-order valence-corrected chi connectivity index (χ2v) is 5.57. The quantitative estimate of drug-likeness (QED) is 0.833. The van der Waals surface area contributed by atoms with Crippen LogP contribution in [0.2, 0.25) is 0 Å². The van der Waals surface area contributed by atoms with Crippen LogP contribution < -0.4 is 0 Å². The molecule has 3 nitrogen and oxygen atoms in total. The van der Waals surface area contributed by atoms with Crippen LogP contribution in [0, 0.1) is 0 Å². The molecule has 0 spiro atoms. The minimum absolute atomic E-state index is 0. The van der Waals surface area contributed by atoms with Crippen molar-refractivity contribution in [2.24, 2.45) is 0 Å². The fraction of sp³-hybridized carbons (Fsp3) is 0.429. The number of nitrogens with zero attached hydrogens (tertiary/aromatic N) is 1. The van der Waals surface area contributed by atoms with E-state index in [-0.39, 0.29) is 12.4 Å². The largest absolute Gasteiger partial charge is 0.368 e. The highest BCUT2D eigenvalue weighted by molar-refractivity contribution is 7.17. The number of likely N-dealkylation sites (N-methyl/N-ethyl adjacent to an activating group) is 1. The molecule has 0 saturated carbocycles. The van der Waals surface area contributed by atoms with E-state index in [1.54, 1.807) is 11.3 Å². The Balaban J connectivity index is 0.00000180. The molecule has 1 N–H and O–H groups in total. The summed E-state index contributed by atoms with van der Waals surface area (Å²) in [7, 11) is 3.97. The summed E-state index contributed by atoms with van der Waals surface area (Å²) in [5, 5.41) is 13.1. The van der Waals surface area contributed by atoms with E-state index < -0.39 is 6.29 Å². The predicted octanol–water partition coefficient (Wildman–Crippen LogP) is 2.76. The van der Waals surface area contributed by atoms with Crippen molar-refractivity contribution in [2.45, 2.75) is 12.7 Å². The molecule has 0 amide bonds. The number of hydrogen-bond donors (Lipinski definition) is 1. The van der Waals surface area contributed by atoms with Crippen LogP contribution in [0.4, 0.5) is 0 Å². The van der Waals surface area contributed by atoms with Gasteiger partial charge in [0.25, 0.3) is 0 Å². The first-order chi connectivity index (χ1) is 8.65. The zero-order valence-electron chi connectivity index (χ0n) is 11.2. The lowest BCUT2D eigenvalue weighted by atomic mass is 10.1. The topological polar surface area (TPSA) is 32.7 Å². The zero-order valence-corrected chi connectivity index (χ0v) is 12.8. The van der Waals surface area contributed by atoms with Gasteiger partial charge in [0, 0.05) is 17.7 Å². The van der Waals surface area contributed by atoms with E-state index in [0.29, 0.717) is 13.0 Å². The van der Waals surface area contributed by atoms with Crippen molar-refractivity contribution in [3.63, 3.8) is 0 Å². The molecule has 0 fully saturated rings. The Morgan fingerprint density at radius 2 is 2.11 bits per heavy atom. The van der Waals surface area contributed by atoms with Crippen LogP contribution in [-0.4, -0.2) is 43.5 Å². The van der Waals surface area contributed by atoms with Gasteiger partial charge in [-0.05, 0) is 42.6 Å². The molecule has 0 aliphatic rings. The number of halogens is 1. The maximum atomic E-state index is 9.80. The van der Waals surface area contributed by atoms with Gasteiger partial charge in [0.2, 0.25) is 0 Å². The smallest absolute Gasteiger partial charge is 0.158 e. The average Bonchev–Trinajstić information content (AvgIpc) is 2.75. The Kier molecular flexibility index (Phi) is 6.75. The van der Waals surface area contributed by atoms with Gasteiger partial charge < -0.3 is 14.7 Å². The van der Waals surface area contributed by atoms with Crippen LogP contribution in [0.5, 0.6) is 0 Å². The Labute approximate surface area is 124 Å². The van der Waals surface area contributed by atoms with Crippen LogP contribution in [-0.2, 0) is 11.2 Å². The SMILES string of the molecule is CN(C)CCOC(O)Cc1ccc2sccc2c1.Cl. The second-order valence-electron chi connectivity index (χ2n) is 4.63. The number of hydrogen-bond acceptors (Lipinski definition) is 4. The van der Waals surface area contributed by atoms with Crippen LogP contribution in [0.25, 0.3) is 10.1 Å². The van der Waals surface area contributed by atoms with Gasteiger partial charge in [0.1, 0.15) is 0 Å². The summed E-state index contributed by atoms with van der Waals surface area (Å²) in [5.41, 5.74) is 1.11. The highest BCUT2D eigenvalue weighted by Gasteiger charge is 2.06. The average molecular weight is 302 g/mol. The molecular formula is C14H20ClNO2S. The molecule has 5 heteroatoms. The summed E-state index contributed by atoms with van der Waals surface area (Å²) >= 11 is 1.73. The van der Waals surface area contributed by atoms with Gasteiger partial charge in [-0.25, -0.2) is 0 Å². The van der Waals surface area contributed by atoms with E-state index in [9.17, 15) is 5.11 Å². The Morgan fingerprint density at radius 1 is 1.32 bits per heavy atom. The van der Waals surface area contributed by atoms with E-state index in [2.05, 4.69) is 29.6 Å². The van der Waals surface area contributed by atoms with Crippen molar-refractivity contribution in [1.29, 1.82) is 0 Å². The van der Waals surface area contributed by atoms with Gasteiger partial charge in [-0.15, -0.1) is 23.7 Å². The standard InChI is InChI=1S/C14H19NO2S.ClH/c1-15(2)6-7-17-14(16)10-11-3-4-13-12(9-11)5-8-18-13;/h3-5,8-9,14,16H,6-7,10H2,1-2H3;1H. The number of aliphatic hydroxyl groups excluding tert-OH is 1. The molecule has 1 atom stereocenters. The van der Waals surface area contributed by atoms with Crippen molar-refractivity contribution in [3.05, 3.63) is 35.2 Å². The van der Waals surface area contributed by atoms with Gasteiger partial charge in [-0.1, -0.05) is 12.1 Å². The van der Waals surface area contributed by atoms with Crippen molar-refractivity contribution < 1.29 is 9.84 Å². The Bertz CT molecular complexity index is 501. The lowest BCUT2D eigenvalue weighted by molar-refractivity contribution is -0.0996. The van der Waals surface area contributed by atoms with Gasteiger partial charge >= 0.3 is 0 Å². The summed E-state index contributed by atoms with van der Waals surface area (Å²) in [5.74, 6) is 0. The third-order valence-electron chi connectivity index (χ3n) is 2.78. The van der Waals surface area contributed by atoms with Crippen LogP contribution in [0.15, 0.2) is 29.6 Å². The van der Waals surface area contributed by atoms with Gasteiger partial charge in [0.05, 0.1) is 6.61 Å². The summed E-state index contributed by atoms with van der Waals surface area (Å²) in [6, 6.07) is 8.37. The molecule has 1 unspecified atom stereocenters. The number of ether oxygens (including phenoxy) is 1. The summed E-state index contributed by atoms with van der Waals surface area (Å²) in [4.78, 5) is 2.03. The minimum atomic E-state index is -0.721. The van der Waals surface area contributed by atoms with E-state index in [1.807, 2.05) is 19.0 Å². The molecule has 2 aromatic rings. The summed E-state index contributed by atoms with van der Waals surface area (Å²) in [6.07, 6.45) is -0.180. The van der Waals surface area contributed by atoms with Crippen LogP contribution in [0.3, 0.4) is 0 Å². The van der Waals surface area contributed by atoms with Crippen molar-refractivity contribution in [1.82, 2.24) is 4.90 Å². The molecule has 0 aliphatic heterocycles. The summed E-state index contributed by atoms with van der Waals surface area (Å²) in [6.45, 7) is 1.37. The fourth-order valence-corrected chi connectivity index (χ4v) is 2.55. The lowest BCUT2D eigenvalue weighted by Gasteiger charge is -2.14. The zero-order chi connectivity index (χ0) is 13.0. The van der Waals surface area contributed by atoms with Crippen LogP contribution in [0.1, 0.15) is 5.56 Å². The molecule has 1 aromatic carbocycles. The van der Waals surface area contributed by atoms with Gasteiger partial charge in [-0.2, -0.15) is 0 Å². The highest BCUT2D eigenvalue weighted by atomic mass is 35.5. The highest BCUT2D eigenvalue weighted by Crippen LogP contribution is 2.22. The molecule has 0 bridgehead atoms. The Hall–Kier alpha value is -0.650. The fourth-order valence-electron chi connectivity index (χ4n) is 1.77. The molecule has 1 heterocycles. The first-order valence-electron chi connectivity index (χ1n) is 6.05. The first-order valence-corrected chi connectivity index (χ1v) is 6.93. The monoisotopic (exact) mass is 301 g/mol. The van der Waals surface area contributed by atoms with Crippen molar-refractivity contribution in [2.75, 3.05) is 27.2 Å². The molecule has 19 heavy (non-hydrogen) atoms. The van der Waals surface area contributed by atoms with E-state index in [0.717, 1.165) is 12.1 Å². The van der Waals surface area contributed by atoms with Crippen molar-refractivity contribution >= 4 is 33.8 Å². The molecular weight excluding hydrogens is 282 g/mol. The maximum absolute atomic E-state index is 9.80. The first kappa shape index (κ1) is 16.4.